The Kier molecular flexibility index (Phi) is 6.48. The lowest BCUT2D eigenvalue weighted by Gasteiger charge is -2.17. The van der Waals surface area contributed by atoms with Crippen LogP contribution in [0.4, 0.5) is 0 Å². The first-order valence-corrected chi connectivity index (χ1v) is 9.91. The fourth-order valence-corrected chi connectivity index (χ4v) is 3.64. The summed E-state index contributed by atoms with van der Waals surface area (Å²) < 4.78 is 5.69. The minimum atomic E-state index is 0.0125. The van der Waals surface area contributed by atoms with Crippen LogP contribution in [-0.4, -0.2) is 36.0 Å². The lowest BCUT2D eigenvalue weighted by molar-refractivity contribution is -0.129. The second-order valence-electron chi connectivity index (χ2n) is 6.28. The fraction of sp³-hybridized carbons (Fsp3) is 0.238. The predicted molar refractivity (Wildman–Crippen MR) is 111 cm³/mol. The Balaban J connectivity index is 1.51. The van der Waals surface area contributed by atoms with Crippen molar-refractivity contribution in [3.8, 4) is 16.3 Å². The highest BCUT2D eigenvalue weighted by Crippen LogP contribution is 2.30. The summed E-state index contributed by atoms with van der Waals surface area (Å²) in [5.74, 6) is 0.823. The number of hydrogen-bond donors (Lipinski definition) is 0. The van der Waals surface area contributed by atoms with Gasteiger partial charge in [0.25, 0.3) is 0 Å². The molecular formula is C21H21ClN2O2S. The van der Waals surface area contributed by atoms with E-state index in [0.717, 1.165) is 22.0 Å². The molecule has 0 spiro atoms. The van der Waals surface area contributed by atoms with Crippen molar-refractivity contribution >= 4 is 28.8 Å². The van der Waals surface area contributed by atoms with Crippen LogP contribution in [0.1, 0.15) is 11.3 Å². The normalized spacial score (nSPS) is 10.6. The van der Waals surface area contributed by atoms with E-state index in [4.69, 9.17) is 16.3 Å². The van der Waals surface area contributed by atoms with Gasteiger partial charge in [-0.3, -0.25) is 4.79 Å². The second kappa shape index (κ2) is 9.02. The van der Waals surface area contributed by atoms with Crippen LogP contribution >= 0.6 is 22.9 Å². The maximum Gasteiger partial charge on any atom is 0.228 e. The first-order chi connectivity index (χ1) is 13.0. The van der Waals surface area contributed by atoms with Crippen LogP contribution in [0.5, 0.6) is 5.75 Å². The summed E-state index contributed by atoms with van der Waals surface area (Å²) in [7, 11) is 1.78. The van der Waals surface area contributed by atoms with Crippen molar-refractivity contribution in [3.05, 3.63) is 70.2 Å². The average Bonchev–Trinajstić information content (AvgIpc) is 3.11. The van der Waals surface area contributed by atoms with Gasteiger partial charge in [0, 0.05) is 18.0 Å². The Morgan fingerprint density at radius 2 is 1.93 bits per heavy atom. The number of carbonyl (C=O) groups excluding carboxylic acids is 1. The van der Waals surface area contributed by atoms with Crippen LogP contribution in [0.25, 0.3) is 10.6 Å². The zero-order valence-corrected chi connectivity index (χ0v) is 16.9. The molecule has 0 saturated carbocycles. The SMILES string of the molecule is Cc1ccc(OCCN(C)C(=O)Cc2csc(-c3ccccc3Cl)n2)cc1. The van der Waals surface area contributed by atoms with E-state index in [1.54, 1.807) is 11.9 Å². The molecule has 0 bridgehead atoms. The molecule has 0 radical (unpaired) electrons. The van der Waals surface area contributed by atoms with Crippen molar-refractivity contribution in [2.45, 2.75) is 13.3 Å². The molecule has 4 nitrogen and oxygen atoms in total. The molecule has 0 saturated heterocycles. The van der Waals surface area contributed by atoms with Crippen molar-refractivity contribution in [3.63, 3.8) is 0 Å². The highest BCUT2D eigenvalue weighted by atomic mass is 35.5. The number of benzene rings is 2. The first-order valence-electron chi connectivity index (χ1n) is 8.65. The molecule has 2 aromatic carbocycles. The summed E-state index contributed by atoms with van der Waals surface area (Å²) in [6.45, 7) is 3.01. The molecule has 0 aliphatic heterocycles. The van der Waals surface area contributed by atoms with Crippen LogP contribution in [0, 0.1) is 6.92 Å². The number of ether oxygens (including phenoxy) is 1. The topological polar surface area (TPSA) is 42.4 Å². The number of hydrogen-bond acceptors (Lipinski definition) is 4. The van der Waals surface area contributed by atoms with Gasteiger partial charge in [0.05, 0.1) is 23.7 Å². The fourth-order valence-electron chi connectivity index (χ4n) is 2.50. The number of likely N-dealkylation sites (N-methyl/N-ethyl adjacent to an activating group) is 1. The highest BCUT2D eigenvalue weighted by molar-refractivity contribution is 7.13. The summed E-state index contributed by atoms with van der Waals surface area (Å²) in [5.41, 5.74) is 2.84. The molecule has 3 rings (SSSR count). The third kappa shape index (κ3) is 5.31. The molecule has 27 heavy (non-hydrogen) atoms. The van der Waals surface area contributed by atoms with Gasteiger partial charge >= 0.3 is 0 Å². The highest BCUT2D eigenvalue weighted by Gasteiger charge is 2.14. The first kappa shape index (κ1) is 19.4. The van der Waals surface area contributed by atoms with Gasteiger partial charge in [-0.05, 0) is 25.1 Å². The number of rotatable bonds is 7. The molecule has 1 amide bonds. The number of amides is 1. The predicted octanol–water partition coefficient (Wildman–Crippen LogP) is 4.85. The van der Waals surface area contributed by atoms with E-state index in [0.29, 0.717) is 18.2 Å². The quantitative estimate of drug-likeness (QED) is 0.569. The molecule has 0 unspecified atom stereocenters. The average molecular weight is 401 g/mol. The zero-order chi connectivity index (χ0) is 19.2. The van der Waals surface area contributed by atoms with Gasteiger partial charge in [0.15, 0.2) is 0 Å². The molecule has 0 atom stereocenters. The summed E-state index contributed by atoms with van der Waals surface area (Å²) in [6.07, 6.45) is 0.266. The molecule has 0 fully saturated rings. The van der Waals surface area contributed by atoms with E-state index in [-0.39, 0.29) is 12.3 Å². The number of aromatic nitrogens is 1. The molecule has 140 valence electrons. The molecule has 1 heterocycles. The Morgan fingerprint density at radius 3 is 2.67 bits per heavy atom. The number of thiazole rings is 1. The number of nitrogens with zero attached hydrogens (tertiary/aromatic N) is 2. The third-order valence-corrected chi connectivity index (χ3v) is 5.38. The largest absolute Gasteiger partial charge is 0.492 e. The summed E-state index contributed by atoms with van der Waals surface area (Å²) in [6, 6.07) is 15.5. The molecule has 3 aromatic rings. The van der Waals surface area contributed by atoms with Crippen LogP contribution in [0.15, 0.2) is 53.9 Å². The maximum absolute atomic E-state index is 12.4. The van der Waals surface area contributed by atoms with Crippen molar-refractivity contribution in [1.82, 2.24) is 9.88 Å². The van der Waals surface area contributed by atoms with Crippen molar-refractivity contribution in [1.29, 1.82) is 0 Å². The summed E-state index contributed by atoms with van der Waals surface area (Å²) >= 11 is 7.71. The van der Waals surface area contributed by atoms with Gasteiger partial charge in [0.2, 0.25) is 5.91 Å². The van der Waals surface area contributed by atoms with Crippen molar-refractivity contribution < 1.29 is 9.53 Å². The van der Waals surface area contributed by atoms with E-state index in [2.05, 4.69) is 4.98 Å². The van der Waals surface area contributed by atoms with E-state index in [1.165, 1.54) is 16.9 Å². The van der Waals surface area contributed by atoms with E-state index < -0.39 is 0 Å². The maximum atomic E-state index is 12.4. The minimum absolute atomic E-state index is 0.0125. The number of carbonyl (C=O) groups is 1. The number of aryl methyl sites for hydroxylation is 1. The third-order valence-electron chi connectivity index (χ3n) is 4.13. The van der Waals surface area contributed by atoms with Gasteiger partial charge in [-0.15, -0.1) is 11.3 Å². The molecule has 0 N–H and O–H groups in total. The Bertz CT molecular complexity index is 909. The zero-order valence-electron chi connectivity index (χ0n) is 15.3. The summed E-state index contributed by atoms with van der Waals surface area (Å²) in [4.78, 5) is 18.6. The molecule has 0 aliphatic rings. The van der Waals surface area contributed by atoms with Gasteiger partial charge in [-0.1, -0.05) is 47.5 Å². The molecule has 6 heteroatoms. The second-order valence-corrected chi connectivity index (χ2v) is 7.54. The van der Waals surface area contributed by atoms with Crippen LogP contribution < -0.4 is 4.74 Å². The monoisotopic (exact) mass is 400 g/mol. The molecule has 1 aromatic heterocycles. The van der Waals surface area contributed by atoms with Crippen LogP contribution in [0.3, 0.4) is 0 Å². The van der Waals surface area contributed by atoms with Gasteiger partial charge in [-0.25, -0.2) is 4.98 Å². The van der Waals surface area contributed by atoms with Crippen LogP contribution in [0.2, 0.25) is 5.02 Å². The minimum Gasteiger partial charge on any atom is -0.492 e. The smallest absolute Gasteiger partial charge is 0.228 e. The Hall–Kier alpha value is -2.37. The van der Waals surface area contributed by atoms with E-state index >= 15 is 0 Å². The van der Waals surface area contributed by atoms with Gasteiger partial charge in [-0.2, -0.15) is 0 Å². The molecular weight excluding hydrogens is 380 g/mol. The standard InChI is InChI=1S/C21H21ClN2O2S/c1-15-7-9-17(10-8-15)26-12-11-24(2)20(25)13-16-14-27-21(23-16)18-5-3-4-6-19(18)22/h3-10,14H,11-13H2,1-2H3. The van der Waals surface area contributed by atoms with E-state index in [9.17, 15) is 4.79 Å². The van der Waals surface area contributed by atoms with E-state index in [1.807, 2.05) is 60.8 Å². The summed E-state index contributed by atoms with van der Waals surface area (Å²) in [5, 5.41) is 3.40. The van der Waals surface area contributed by atoms with Gasteiger partial charge in [0.1, 0.15) is 17.4 Å². The van der Waals surface area contributed by atoms with Crippen molar-refractivity contribution in [2.24, 2.45) is 0 Å². The van der Waals surface area contributed by atoms with Gasteiger partial charge < -0.3 is 9.64 Å². The lowest BCUT2D eigenvalue weighted by Crippen LogP contribution is -2.32. The molecule has 0 aliphatic carbocycles. The number of halogens is 1. The Morgan fingerprint density at radius 1 is 1.19 bits per heavy atom. The Labute approximate surface area is 168 Å². The van der Waals surface area contributed by atoms with Crippen molar-refractivity contribution in [2.75, 3.05) is 20.2 Å². The van der Waals surface area contributed by atoms with Crippen LogP contribution in [-0.2, 0) is 11.2 Å². The lowest BCUT2D eigenvalue weighted by atomic mass is 10.2.